The van der Waals surface area contributed by atoms with Gasteiger partial charge in [0.1, 0.15) is 6.10 Å². The Morgan fingerprint density at radius 2 is 2.21 bits per heavy atom. The molecule has 1 aromatic rings. The molecule has 0 fully saturated rings. The summed E-state index contributed by atoms with van der Waals surface area (Å²) in [5.41, 5.74) is 0.378. The first kappa shape index (κ1) is 10.8. The van der Waals surface area contributed by atoms with Crippen LogP contribution in [-0.2, 0) is 4.74 Å². The van der Waals surface area contributed by atoms with Crippen LogP contribution in [0.5, 0.6) is 0 Å². The highest BCUT2D eigenvalue weighted by molar-refractivity contribution is 6.33. The van der Waals surface area contributed by atoms with Crippen LogP contribution in [0, 0.1) is 0 Å². The minimum Gasteiger partial charge on any atom is -0.455 e. The second-order valence-corrected chi connectivity index (χ2v) is 3.23. The number of carbonyl (C=O) groups excluding carboxylic acids is 1. The molecule has 3 heteroatoms. The van der Waals surface area contributed by atoms with E-state index in [1.807, 2.05) is 0 Å². The Kier molecular flexibility index (Phi) is 3.72. The Morgan fingerprint density at radius 1 is 1.57 bits per heavy atom. The van der Waals surface area contributed by atoms with Crippen LogP contribution in [0.1, 0.15) is 17.3 Å². The maximum Gasteiger partial charge on any atom is 0.340 e. The third-order valence-corrected chi connectivity index (χ3v) is 2.05. The molecule has 1 atom stereocenters. The maximum absolute atomic E-state index is 11.5. The molecule has 1 aromatic carbocycles. The molecule has 0 aliphatic rings. The molecule has 0 aliphatic heterocycles. The van der Waals surface area contributed by atoms with Crippen molar-refractivity contribution in [3.63, 3.8) is 0 Å². The topological polar surface area (TPSA) is 26.3 Å². The van der Waals surface area contributed by atoms with Crippen LogP contribution < -0.4 is 0 Å². The Morgan fingerprint density at radius 3 is 2.79 bits per heavy atom. The van der Waals surface area contributed by atoms with Crippen molar-refractivity contribution in [2.24, 2.45) is 0 Å². The molecular formula is C11H11ClO2. The molecule has 0 aliphatic carbocycles. The van der Waals surface area contributed by atoms with Crippen molar-refractivity contribution in [2.45, 2.75) is 13.0 Å². The zero-order valence-electron chi connectivity index (χ0n) is 7.87. The first-order valence-corrected chi connectivity index (χ1v) is 4.61. The maximum atomic E-state index is 11.5. The van der Waals surface area contributed by atoms with E-state index in [2.05, 4.69) is 6.58 Å². The van der Waals surface area contributed by atoms with Gasteiger partial charge in [-0.1, -0.05) is 36.4 Å². The van der Waals surface area contributed by atoms with Gasteiger partial charge < -0.3 is 4.74 Å². The van der Waals surface area contributed by atoms with Gasteiger partial charge in [-0.05, 0) is 19.1 Å². The second kappa shape index (κ2) is 4.82. The first-order chi connectivity index (χ1) is 6.65. The summed E-state index contributed by atoms with van der Waals surface area (Å²) in [6, 6.07) is 6.77. The summed E-state index contributed by atoms with van der Waals surface area (Å²) >= 11 is 5.82. The molecule has 0 N–H and O–H groups in total. The highest BCUT2D eigenvalue weighted by Gasteiger charge is 2.12. The number of rotatable bonds is 3. The van der Waals surface area contributed by atoms with Crippen molar-refractivity contribution in [3.8, 4) is 0 Å². The lowest BCUT2D eigenvalue weighted by molar-refractivity contribution is 0.0425. The molecule has 1 rings (SSSR count). The van der Waals surface area contributed by atoms with E-state index >= 15 is 0 Å². The van der Waals surface area contributed by atoms with Crippen LogP contribution in [0.15, 0.2) is 36.9 Å². The normalized spacial score (nSPS) is 11.9. The van der Waals surface area contributed by atoms with Gasteiger partial charge in [0, 0.05) is 0 Å². The van der Waals surface area contributed by atoms with Gasteiger partial charge >= 0.3 is 5.97 Å². The SMILES string of the molecule is C=CC(C)OC(=O)c1ccccc1Cl. The lowest BCUT2D eigenvalue weighted by Gasteiger charge is -2.09. The largest absolute Gasteiger partial charge is 0.455 e. The number of benzene rings is 1. The smallest absolute Gasteiger partial charge is 0.340 e. The van der Waals surface area contributed by atoms with E-state index in [9.17, 15) is 4.79 Å². The molecule has 0 heterocycles. The molecule has 14 heavy (non-hydrogen) atoms. The zero-order chi connectivity index (χ0) is 10.6. The van der Waals surface area contributed by atoms with Crippen molar-refractivity contribution in [1.29, 1.82) is 0 Å². The minimum atomic E-state index is -0.428. The quantitative estimate of drug-likeness (QED) is 0.566. The number of hydrogen-bond donors (Lipinski definition) is 0. The van der Waals surface area contributed by atoms with E-state index in [0.717, 1.165) is 0 Å². The van der Waals surface area contributed by atoms with E-state index in [1.54, 1.807) is 37.3 Å². The van der Waals surface area contributed by atoms with E-state index in [-0.39, 0.29) is 6.10 Å². The van der Waals surface area contributed by atoms with Gasteiger partial charge in [-0.3, -0.25) is 0 Å². The van der Waals surface area contributed by atoms with E-state index in [4.69, 9.17) is 16.3 Å². The molecule has 0 spiro atoms. The number of ether oxygens (including phenoxy) is 1. The highest BCUT2D eigenvalue weighted by atomic mass is 35.5. The van der Waals surface area contributed by atoms with Crippen LogP contribution in [-0.4, -0.2) is 12.1 Å². The summed E-state index contributed by atoms with van der Waals surface area (Å²) < 4.78 is 5.02. The second-order valence-electron chi connectivity index (χ2n) is 2.83. The summed E-state index contributed by atoms with van der Waals surface area (Å²) in [4.78, 5) is 11.5. The lowest BCUT2D eigenvalue weighted by atomic mass is 10.2. The van der Waals surface area contributed by atoms with Gasteiger partial charge in [0.15, 0.2) is 0 Å². The van der Waals surface area contributed by atoms with Crippen molar-refractivity contribution in [2.75, 3.05) is 0 Å². The molecule has 74 valence electrons. The number of carbonyl (C=O) groups is 1. The van der Waals surface area contributed by atoms with Gasteiger partial charge in [0.2, 0.25) is 0 Å². The van der Waals surface area contributed by atoms with Crippen LogP contribution in [0.2, 0.25) is 5.02 Å². The third-order valence-electron chi connectivity index (χ3n) is 1.72. The Balaban J connectivity index is 2.80. The summed E-state index contributed by atoms with van der Waals surface area (Å²) in [5.74, 6) is -0.428. The lowest BCUT2D eigenvalue weighted by Crippen LogP contribution is -2.12. The molecule has 0 saturated carbocycles. The van der Waals surface area contributed by atoms with E-state index in [1.165, 1.54) is 0 Å². The molecule has 1 unspecified atom stereocenters. The van der Waals surface area contributed by atoms with E-state index in [0.29, 0.717) is 10.6 Å². The van der Waals surface area contributed by atoms with Gasteiger partial charge in [-0.15, -0.1) is 0 Å². The Hall–Kier alpha value is -1.28. The average Bonchev–Trinajstić information content (AvgIpc) is 2.18. The monoisotopic (exact) mass is 210 g/mol. The summed E-state index contributed by atoms with van der Waals surface area (Å²) in [7, 11) is 0. The number of halogens is 1. The summed E-state index contributed by atoms with van der Waals surface area (Å²) in [5, 5.41) is 0.397. The highest BCUT2D eigenvalue weighted by Crippen LogP contribution is 2.16. The Bertz CT molecular complexity index is 347. The fourth-order valence-corrected chi connectivity index (χ4v) is 1.12. The summed E-state index contributed by atoms with van der Waals surface area (Å²) in [6.07, 6.45) is 1.24. The van der Waals surface area contributed by atoms with Crippen LogP contribution in [0.4, 0.5) is 0 Å². The molecule has 0 saturated heterocycles. The number of hydrogen-bond acceptors (Lipinski definition) is 2. The molecule has 0 radical (unpaired) electrons. The van der Waals surface area contributed by atoms with Crippen molar-refractivity contribution in [3.05, 3.63) is 47.5 Å². The fraction of sp³-hybridized carbons (Fsp3) is 0.182. The van der Waals surface area contributed by atoms with Crippen LogP contribution in [0.3, 0.4) is 0 Å². The fourth-order valence-electron chi connectivity index (χ4n) is 0.907. The van der Waals surface area contributed by atoms with Crippen LogP contribution >= 0.6 is 11.6 Å². The molecule has 0 bridgehead atoms. The van der Waals surface area contributed by atoms with Crippen molar-refractivity contribution in [1.82, 2.24) is 0 Å². The Labute approximate surface area is 88.1 Å². The third kappa shape index (κ3) is 2.60. The predicted molar refractivity (Wildman–Crippen MR) is 56.5 cm³/mol. The summed E-state index contributed by atoms with van der Waals surface area (Å²) in [6.45, 7) is 5.26. The molecule has 2 nitrogen and oxygen atoms in total. The molecule has 0 amide bonds. The van der Waals surface area contributed by atoms with Crippen molar-refractivity contribution >= 4 is 17.6 Å². The van der Waals surface area contributed by atoms with Crippen LogP contribution in [0.25, 0.3) is 0 Å². The number of esters is 1. The average molecular weight is 211 g/mol. The zero-order valence-corrected chi connectivity index (χ0v) is 8.62. The predicted octanol–water partition coefficient (Wildman–Crippen LogP) is 3.07. The van der Waals surface area contributed by atoms with E-state index < -0.39 is 5.97 Å². The molecule has 0 aromatic heterocycles. The van der Waals surface area contributed by atoms with Gasteiger partial charge in [-0.2, -0.15) is 0 Å². The van der Waals surface area contributed by atoms with Gasteiger partial charge in [-0.25, -0.2) is 4.79 Å². The van der Waals surface area contributed by atoms with Crippen molar-refractivity contribution < 1.29 is 9.53 Å². The van der Waals surface area contributed by atoms with Gasteiger partial charge in [0.25, 0.3) is 0 Å². The minimum absolute atomic E-state index is 0.307. The van der Waals surface area contributed by atoms with Gasteiger partial charge in [0.05, 0.1) is 10.6 Å². The standard InChI is InChI=1S/C11H11ClO2/c1-3-8(2)14-11(13)9-6-4-5-7-10(9)12/h3-8H,1H2,2H3. The first-order valence-electron chi connectivity index (χ1n) is 4.23. The molecular weight excluding hydrogens is 200 g/mol.